The number of nitrogens with zero attached hydrogens (tertiary/aromatic N) is 1. The van der Waals surface area contributed by atoms with Gasteiger partial charge in [-0.15, -0.1) is 0 Å². The van der Waals surface area contributed by atoms with Crippen LogP contribution in [-0.2, 0) is 30.2 Å². The summed E-state index contributed by atoms with van der Waals surface area (Å²) >= 11 is 0. The lowest BCUT2D eigenvalue weighted by molar-refractivity contribution is -0.149. The smallest absolute Gasteiger partial charge is 0.434 e. The minimum atomic E-state index is -0.803. The number of ether oxygens (including phenoxy) is 3. The Kier molecular flexibility index (Phi) is 13.3. The van der Waals surface area contributed by atoms with Gasteiger partial charge in [-0.3, -0.25) is 4.79 Å². The molecule has 0 fully saturated rings. The number of unbranched alkanes of at least 4 members (excludes halogenated alkanes) is 1. The maximum atomic E-state index is 12.3. The van der Waals surface area contributed by atoms with Crippen molar-refractivity contribution in [2.45, 2.75) is 98.2 Å². The highest BCUT2D eigenvalue weighted by atomic mass is 16.6. The first-order chi connectivity index (χ1) is 16.5. The number of amides is 1. The number of methoxy groups -OCH3 is 1. The van der Waals surface area contributed by atoms with Crippen molar-refractivity contribution in [1.82, 2.24) is 0 Å². The van der Waals surface area contributed by atoms with Crippen LogP contribution in [0, 0.1) is 11.8 Å². The number of hydrogen-bond acceptors (Lipinski definition) is 6. The van der Waals surface area contributed by atoms with E-state index in [0.717, 1.165) is 32.1 Å². The number of hydrogen-bond donors (Lipinski definition) is 0. The van der Waals surface area contributed by atoms with Crippen LogP contribution >= 0.6 is 0 Å². The Labute approximate surface area is 210 Å². The summed E-state index contributed by atoms with van der Waals surface area (Å²) in [4.78, 5) is 40.0. The number of benzene rings is 1. The second-order valence-corrected chi connectivity index (χ2v) is 9.99. The van der Waals surface area contributed by atoms with E-state index in [2.05, 4.69) is 24.0 Å². The summed E-state index contributed by atoms with van der Waals surface area (Å²) < 4.78 is 15.7. The minimum Gasteiger partial charge on any atom is -0.465 e. The van der Waals surface area contributed by atoms with E-state index in [4.69, 9.17) is 14.2 Å². The molecule has 0 aliphatic heterocycles. The van der Waals surface area contributed by atoms with E-state index in [1.54, 1.807) is 20.8 Å². The largest absolute Gasteiger partial charge is 0.465 e. The first-order valence-corrected chi connectivity index (χ1v) is 12.6. The number of aliphatic imine (C=N–C) groups is 1. The standard InChI is InChI=1S/C28H43NO6/c1-8-9-17-24(20(2)34-21(3)30)23(19-22-14-11-10-12-15-22)16-13-18-25(26(31)33-7)29-27(32)35-28(4,5)6/h10-12,14-15,20,23-24H,8-9,13,16-19H2,1-7H3. The maximum absolute atomic E-state index is 12.3. The zero-order chi connectivity index (χ0) is 26.4. The minimum absolute atomic E-state index is 0.0540. The van der Waals surface area contributed by atoms with Crippen molar-refractivity contribution >= 4 is 23.7 Å². The summed E-state index contributed by atoms with van der Waals surface area (Å²) in [6.45, 7) is 10.8. The monoisotopic (exact) mass is 489 g/mol. The Balaban J connectivity index is 3.08. The van der Waals surface area contributed by atoms with E-state index in [1.165, 1.54) is 19.6 Å². The molecule has 1 aromatic carbocycles. The molecule has 0 N–H and O–H groups in total. The van der Waals surface area contributed by atoms with E-state index in [0.29, 0.717) is 12.8 Å². The molecule has 0 aliphatic carbocycles. The van der Waals surface area contributed by atoms with Crippen molar-refractivity contribution in [2.75, 3.05) is 7.11 Å². The second-order valence-electron chi connectivity index (χ2n) is 9.99. The summed E-state index contributed by atoms with van der Waals surface area (Å²) in [5.41, 5.74) is 0.560. The van der Waals surface area contributed by atoms with Gasteiger partial charge < -0.3 is 14.2 Å². The molecular weight excluding hydrogens is 446 g/mol. The van der Waals surface area contributed by atoms with Crippen molar-refractivity contribution in [1.29, 1.82) is 0 Å². The summed E-state index contributed by atoms with van der Waals surface area (Å²) in [5, 5.41) is 0. The topological polar surface area (TPSA) is 91.3 Å². The number of carbonyl (C=O) groups excluding carboxylic acids is 3. The van der Waals surface area contributed by atoms with Crippen LogP contribution in [0.5, 0.6) is 0 Å². The average molecular weight is 490 g/mol. The van der Waals surface area contributed by atoms with Crippen molar-refractivity contribution < 1.29 is 28.6 Å². The normalized spacial score (nSPS) is 14.5. The third-order valence-electron chi connectivity index (χ3n) is 5.82. The summed E-state index contributed by atoms with van der Waals surface area (Å²) in [7, 11) is 1.27. The van der Waals surface area contributed by atoms with Gasteiger partial charge in [0.25, 0.3) is 0 Å². The van der Waals surface area contributed by atoms with Crippen molar-refractivity contribution in [3.05, 3.63) is 35.9 Å². The molecule has 0 spiro atoms. The quantitative estimate of drug-likeness (QED) is 0.183. The molecule has 7 heteroatoms. The van der Waals surface area contributed by atoms with Gasteiger partial charge in [0.2, 0.25) is 0 Å². The molecule has 0 aliphatic rings. The molecule has 0 radical (unpaired) electrons. The van der Waals surface area contributed by atoms with Crippen LogP contribution in [-0.4, -0.2) is 42.6 Å². The van der Waals surface area contributed by atoms with Gasteiger partial charge in [0, 0.05) is 6.92 Å². The lowest BCUT2D eigenvalue weighted by Gasteiger charge is -2.32. The fourth-order valence-corrected chi connectivity index (χ4v) is 4.28. The van der Waals surface area contributed by atoms with Crippen molar-refractivity contribution in [3.8, 4) is 0 Å². The summed E-state index contributed by atoms with van der Waals surface area (Å²) in [6, 6.07) is 10.2. The molecule has 0 aromatic heterocycles. The number of carbonyl (C=O) groups is 3. The van der Waals surface area contributed by atoms with Crippen LogP contribution in [0.15, 0.2) is 35.3 Å². The van der Waals surface area contributed by atoms with Crippen LogP contribution in [0.1, 0.15) is 85.6 Å². The Morgan fingerprint density at radius 1 is 1.03 bits per heavy atom. The number of rotatable bonds is 13. The van der Waals surface area contributed by atoms with Gasteiger partial charge >= 0.3 is 18.0 Å². The molecule has 0 saturated heterocycles. The first kappa shape index (κ1) is 30.3. The molecule has 0 saturated carbocycles. The lowest BCUT2D eigenvalue weighted by Crippen LogP contribution is -2.31. The van der Waals surface area contributed by atoms with E-state index in [1.807, 2.05) is 25.1 Å². The van der Waals surface area contributed by atoms with Crippen LogP contribution in [0.3, 0.4) is 0 Å². The van der Waals surface area contributed by atoms with Gasteiger partial charge in [-0.2, -0.15) is 4.99 Å². The predicted molar refractivity (Wildman–Crippen MR) is 137 cm³/mol. The number of esters is 2. The first-order valence-electron chi connectivity index (χ1n) is 12.6. The third kappa shape index (κ3) is 12.5. The Hall–Kier alpha value is -2.70. The van der Waals surface area contributed by atoms with Crippen molar-refractivity contribution in [3.63, 3.8) is 0 Å². The zero-order valence-corrected chi connectivity index (χ0v) is 22.5. The Bertz CT molecular complexity index is 828. The molecule has 0 heterocycles. The molecule has 7 nitrogen and oxygen atoms in total. The van der Waals surface area contributed by atoms with E-state index in [9.17, 15) is 14.4 Å². The molecule has 3 atom stereocenters. The van der Waals surface area contributed by atoms with Gasteiger partial charge in [0.1, 0.15) is 17.4 Å². The Morgan fingerprint density at radius 2 is 1.69 bits per heavy atom. The summed E-state index contributed by atoms with van der Waals surface area (Å²) in [5.74, 6) is -0.525. The van der Waals surface area contributed by atoms with Crippen LogP contribution in [0.4, 0.5) is 4.79 Å². The predicted octanol–water partition coefficient (Wildman–Crippen LogP) is 6.32. The zero-order valence-electron chi connectivity index (χ0n) is 22.5. The highest BCUT2D eigenvalue weighted by Crippen LogP contribution is 2.32. The second kappa shape index (κ2) is 15.3. The molecular formula is C28H43NO6. The molecule has 196 valence electrons. The fraction of sp³-hybridized carbons (Fsp3) is 0.643. The fourth-order valence-electron chi connectivity index (χ4n) is 4.28. The molecule has 1 aromatic rings. The van der Waals surface area contributed by atoms with Gasteiger partial charge in [-0.05, 0) is 77.2 Å². The Morgan fingerprint density at radius 3 is 2.23 bits per heavy atom. The highest BCUT2D eigenvalue weighted by molar-refractivity contribution is 6.37. The maximum Gasteiger partial charge on any atom is 0.434 e. The van der Waals surface area contributed by atoms with Gasteiger partial charge in [0.15, 0.2) is 0 Å². The molecule has 1 rings (SSSR count). The van der Waals surface area contributed by atoms with Crippen molar-refractivity contribution in [2.24, 2.45) is 16.8 Å². The summed E-state index contributed by atoms with van der Waals surface area (Å²) in [6.07, 6.45) is 4.54. The third-order valence-corrected chi connectivity index (χ3v) is 5.82. The molecule has 0 bridgehead atoms. The van der Waals surface area contributed by atoms with Crippen LogP contribution in [0.2, 0.25) is 0 Å². The molecule has 35 heavy (non-hydrogen) atoms. The average Bonchev–Trinajstić information content (AvgIpc) is 2.76. The van der Waals surface area contributed by atoms with Crippen LogP contribution in [0.25, 0.3) is 0 Å². The van der Waals surface area contributed by atoms with E-state index < -0.39 is 17.7 Å². The lowest BCUT2D eigenvalue weighted by atomic mass is 9.77. The van der Waals surface area contributed by atoms with Gasteiger partial charge in [-0.1, -0.05) is 50.1 Å². The molecule has 3 unspecified atom stereocenters. The van der Waals surface area contributed by atoms with E-state index in [-0.39, 0.29) is 29.6 Å². The highest BCUT2D eigenvalue weighted by Gasteiger charge is 2.29. The SMILES string of the molecule is CCCCC(C(CCCC(=NC(=O)OC(C)(C)C)C(=O)OC)Cc1ccccc1)C(C)OC(C)=O. The van der Waals surface area contributed by atoms with Gasteiger partial charge in [-0.25, -0.2) is 9.59 Å². The van der Waals surface area contributed by atoms with E-state index >= 15 is 0 Å². The van der Waals surface area contributed by atoms with Crippen LogP contribution < -0.4 is 0 Å². The molecule has 1 amide bonds. The van der Waals surface area contributed by atoms with Gasteiger partial charge in [0.05, 0.1) is 7.11 Å².